The Balaban J connectivity index is 1.58. The molecule has 0 aliphatic carbocycles. The lowest BCUT2D eigenvalue weighted by Crippen LogP contribution is -2.32. The predicted molar refractivity (Wildman–Crippen MR) is 89.0 cm³/mol. The van der Waals surface area contributed by atoms with Crippen molar-refractivity contribution in [1.29, 1.82) is 0 Å². The molecule has 0 unspecified atom stereocenters. The van der Waals surface area contributed by atoms with Crippen molar-refractivity contribution in [3.8, 4) is 0 Å². The summed E-state index contributed by atoms with van der Waals surface area (Å²) in [6, 6.07) is 10.7. The molecule has 0 atom stereocenters. The van der Waals surface area contributed by atoms with Crippen LogP contribution in [0.3, 0.4) is 0 Å². The third-order valence-electron chi connectivity index (χ3n) is 4.64. The molecule has 3 heteroatoms. The van der Waals surface area contributed by atoms with Crippen molar-refractivity contribution in [2.45, 2.75) is 52.0 Å². The highest BCUT2D eigenvalue weighted by Gasteiger charge is 2.25. The van der Waals surface area contributed by atoms with Gasteiger partial charge in [-0.2, -0.15) is 0 Å². The third-order valence-corrected chi connectivity index (χ3v) is 4.64. The molecule has 2 aromatic rings. The van der Waals surface area contributed by atoms with E-state index in [1.807, 2.05) is 0 Å². The van der Waals surface area contributed by atoms with Gasteiger partial charge >= 0.3 is 0 Å². The molecule has 0 radical (unpaired) electrons. The minimum absolute atomic E-state index is 0.498. The molecule has 1 aromatic carbocycles. The summed E-state index contributed by atoms with van der Waals surface area (Å²) in [5, 5.41) is 0. The molecule has 0 saturated carbocycles. The van der Waals surface area contributed by atoms with Crippen LogP contribution in [0.25, 0.3) is 0 Å². The first-order valence-corrected chi connectivity index (χ1v) is 8.54. The quantitative estimate of drug-likeness (QED) is 0.829. The van der Waals surface area contributed by atoms with Gasteiger partial charge in [-0.15, -0.1) is 0 Å². The van der Waals surface area contributed by atoms with Crippen LogP contribution in [0.2, 0.25) is 0 Å². The summed E-state index contributed by atoms with van der Waals surface area (Å²) in [5.41, 5.74) is 2.56. The molecule has 2 heterocycles. The van der Waals surface area contributed by atoms with E-state index in [9.17, 15) is 0 Å². The van der Waals surface area contributed by atoms with E-state index in [4.69, 9.17) is 9.40 Å². The Morgan fingerprint density at radius 1 is 1.09 bits per heavy atom. The Morgan fingerprint density at radius 2 is 1.82 bits per heavy atom. The molecule has 1 aromatic heterocycles. The van der Waals surface area contributed by atoms with E-state index in [2.05, 4.69) is 49.1 Å². The summed E-state index contributed by atoms with van der Waals surface area (Å²) in [7, 11) is 0. The van der Waals surface area contributed by atoms with Gasteiger partial charge in [-0.05, 0) is 37.9 Å². The molecular weight excluding hydrogens is 272 g/mol. The number of piperidine rings is 1. The zero-order chi connectivity index (χ0) is 15.4. The molecule has 22 heavy (non-hydrogen) atoms. The second-order valence-corrected chi connectivity index (χ2v) is 6.17. The highest BCUT2D eigenvalue weighted by atomic mass is 16.4. The van der Waals surface area contributed by atoms with Crippen molar-refractivity contribution < 1.29 is 4.42 Å². The molecule has 1 fully saturated rings. The standard InChI is InChI=1S/C19H26N2O/c1-3-17-18(4-2)22-19(20-17)16-10-12-21(13-11-16)14-15-8-6-5-7-9-15/h5-9,16H,3-4,10-14H2,1-2H3. The highest BCUT2D eigenvalue weighted by Crippen LogP contribution is 2.29. The Hall–Kier alpha value is -1.61. The van der Waals surface area contributed by atoms with Crippen molar-refractivity contribution >= 4 is 0 Å². The predicted octanol–water partition coefficient (Wildman–Crippen LogP) is 4.18. The van der Waals surface area contributed by atoms with Crippen LogP contribution in [0.1, 0.15) is 55.5 Å². The molecule has 1 aliphatic heterocycles. The number of benzene rings is 1. The van der Waals surface area contributed by atoms with Crippen molar-refractivity contribution in [2.24, 2.45) is 0 Å². The molecule has 3 nitrogen and oxygen atoms in total. The van der Waals surface area contributed by atoms with Gasteiger partial charge in [0.25, 0.3) is 0 Å². The fraction of sp³-hybridized carbons (Fsp3) is 0.526. The molecule has 0 spiro atoms. The zero-order valence-electron chi connectivity index (χ0n) is 13.7. The maximum atomic E-state index is 6.02. The summed E-state index contributed by atoms with van der Waals surface area (Å²) in [5.74, 6) is 2.56. The van der Waals surface area contributed by atoms with Crippen molar-refractivity contribution in [3.05, 3.63) is 53.2 Å². The van der Waals surface area contributed by atoms with Gasteiger partial charge < -0.3 is 4.42 Å². The lowest BCUT2D eigenvalue weighted by atomic mass is 9.96. The van der Waals surface area contributed by atoms with E-state index in [1.54, 1.807) is 0 Å². The summed E-state index contributed by atoms with van der Waals surface area (Å²) in [6.07, 6.45) is 4.22. The number of aryl methyl sites for hydroxylation is 2. The van der Waals surface area contributed by atoms with Gasteiger partial charge in [-0.3, -0.25) is 4.90 Å². The normalized spacial score (nSPS) is 17.0. The SMILES string of the molecule is CCc1nc(C2CCN(Cc3ccccc3)CC2)oc1CC. The van der Waals surface area contributed by atoms with Crippen LogP contribution >= 0.6 is 0 Å². The lowest BCUT2D eigenvalue weighted by molar-refractivity contribution is 0.192. The summed E-state index contributed by atoms with van der Waals surface area (Å²) >= 11 is 0. The van der Waals surface area contributed by atoms with E-state index >= 15 is 0 Å². The van der Waals surface area contributed by atoms with Gasteiger partial charge in [-0.1, -0.05) is 44.2 Å². The van der Waals surface area contributed by atoms with Crippen molar-refractivity contribution in [2.75, 3.05) is 13.1 Å². The van der Waals surface area contributed by atoms with Crippen LogP contribution in [0.5, 0.6) is 0 Å². The Bertz CT molecular complexity index is 561. The first kappa shape index (κ1) is 15.3. The number of hydrogen-bond acceptors (Lipinski definition) is 3. The largest absolute Gasteiger partial charge is 0.445 e. The molecule has 3 rings (SSSR count). The molecular formula is C19H26N2O. The zero-order valence-corrected chi connectivity index (χ0v) is 13.7. The van der Waals surface area contributed by atoms with Crippen LogP contribution in [-0.4, -0.2) is 23.0 Å². The summed E-state index contributed by atoms with van der Waals surface area (Å²) in [4.78, 5) is 7.28. The molecule has 0 N–H and O–H groups in total. The first-order valence-electron chi connectivity index (χ1n) is 8.54. The Kier molecular flexibility index (Phi) is 4.94. The smallest absolute Gasteiger partial charge is 0.197 e. The highest BCUT2D eigenvalue weighted by molar-refractivity contribution is 5.15. The fourth-order valence-electron chi connectivity index (χ4n) is 3.31. The Morgan fingerprint density at radius 3 is 2.41 bits per heavy atom. The van der Waals surface area contributed by atoms with Gasteiger partial charge in [0.15, 0.2) is 5.89 Å². The molecule has 0 amide bonds. The second kappa shape index (κ2) is 7.10. The van der Waals surface area contributed by atoms with Crippen LogP contribution in [0.15, 0.2) is 34.7 Å². The number of likely N-dealkylation sites (tertiary alicyclic amines) is 1. The van der Waals surface area contributed by atoms with Crippen molar-refractivity contribution in [1.82, 2.24) is 9.88 Å². The topological polar surface area (TPSA) is 29.3 Å². The van der Waals surface area contributed by atoms with Crippen LogP contribution in [0, 0.1) is 0 Å². The first-order chi connectivity index (χ1) is 10.8. The monoisotopic (exact) mass is 298 g/mol. The third kappa shape index (κ3) is 3.41. The van der Waals surface area contributed by atoms with Gasteiger partial charge in [0.2, 0.25) is 0 Å². The number of rotatable bonds is 5. The average molecular weight is 298 g/mol. The lowest BCUT2D eigenvalue weighted by Gasteiger charge is -2.30. The molecule has 1 aliphatic rings. The number of hydrogen-bond donors (Lipinski definition) is 0. The van der Waals surface area contributed by atoms with E-state index in [0.717, 1.165) is 62.7 Å². The Labute approximate surface area is 133 Å². The average Bonchev–Trinajstić information content (AvgIpc) is 3.00. The van der Waals surface area contributed by atoms with E-state index in [1.165, 1.54) is 5.56 Å². The maximum absolute atomic E-state index is 6.02. The fourth-order valence-corrected chi connectivity index (χ4v) is 3.31. The van der Waals surface area contributed by atoms with E-state index in [0.29, 0.717) is 5.92 Å². The number of oxazole rings is 1. The van der Waals surface area contributed by atoms with Gasteiger partial charge in [-0.25, -0.2) is 4.98 Å². The van der Waals surface area contributed by atoms with Gasteiger partial charge in [0, 0.05) is 18.9 Å². The number of aromatic nitrogens is 1. The van der Waals surface area contributed by atoms with Gasteiger partial charge in [0.05, 0.1) is 5.69 Å². The van der Waals surface area contributed by atoms with Crippen molar-refractivity contribution in [3.63, 3.8) is 0 Å². The maximum Gasteiger partial charge on any atom is 0.197 e. The van der Waals surface area contributed by atoms with Crippen LogP contribution < -0.4 is 0 Å². The van der Waals surface area contributed by atoms with E-state index in [-0.39, 0.29) is 0 Å². The molecule has 0 bridgehead atoms. The summed E-state index contributed by atoms with van der Waals surface area (Å²) in [6.45, 7) is 7.62. The minimum atomic E-state index is 0.498. The van der Waals surface area contributed by atoms with Crippen LogP contribution in [0.4, 0.5) is 0 Å². The second-order valence-electron chi connectivity index (χ2n) is 6.17. The number of nitrogens with zero attached hydrogens (tertiary/aromatic N) is 2. The van der Waals surface area contributed by atoms with Crippen LogP contribution in [-0.2, 0) is 19.4 Å². The summed E-state index contributed by atoms with van der Waals surface area (Å²) < 4.78 is 6.02. The minimum Gasteiger partial charge on any atom is -0.445 e. The molecule has 1 saturated heterocycles. The van der Waals surface area contributed by atoms with Gasteiger partial charge in [0.1, 0.15) is 5.76 Å². The van der Waals surface area contributed by atoms with E-state index < -0.39 is 0 Å². The molecule has 118 valence electrons.